The van der Waals surface area contributed by atoms with Gasteiger partial charge in [-0.2, -0.15) is 10.2 Å². The van der Waals surface area contributed by atoms with E-state index in [1.807, 2.05) is 60.7 Å². The second-order valence-corrected chi connectivity index (χ2v) is 11.6. The van der Waals surface area contributed by atoms with Gasteiger partial charge in [0.05, 0.1) is 13.1 Å². The maximum absolute atomic E-state index is 11.7. The number of hydrogen-bond acceptors (Lipinski definition) is 8. The molecular weight excluding hydrogens is 516 g/mol. The Bertz CT molecular complexity index is 1150. The standard InChI is InChI=1S/C28H36N6O2S2/c1-3-5-17-27(35,23-13-9-7-10-14-23)19-33-25(29-21-31-33)37-38-26-30-22-32-34(26)20-28(36,18-6-4-2)24-15-11-8-12-16-24/h7-16,21-22,35-36H,3-6,17-20H2,1-2H3. The third-order valence-corrected chi connectivity index (χ3v) is 8.84. The van der Waals surface area contributed by atoms with Crippen LogP contribution in [0.5, 0.6) is 0 Å². The summed E-state index contributed by atoms with van der Waals surface area (Å²) in [7, 11) is 2.83. The zero-order valence-corrected chi connectivity index (χ0v) is 23.6. The van der Waals surface area contributed by atoms with Crippen LogP contribution in [0.25, 0.3) is 0 Å². The van der Waals surface area contributed by atoms with Crippen LogP contribution in [0, 0.1) is 0 Å². The van der Waals surface area contributed by atoms with E-state index in [9.17, 15) is 10.2 Å². The summed E-state index contributed by atoms with van der Waals surface area (Å²) < 4.78 is 3.51. The van der Waals surface area contributed by atoms with E-state index >= 15 is 0 Å². The van der Waals surface area contributed by atoms with E-state index in [0.29, 0.717) is 36.2 Å². The number of unbranched alkanes of at least 4 members (excludes halogenated alkanes) is 2. The Labute approximate surface area is 232 Å². The molecule has 0 radical (unpaired) electrons. The van der Waals surface area contributed by atoms with Crippen LogP contribution in [-0.2, 0) is 24.3 Å². The summed E-state index contributed by atoms with van der Waals surface area (Å²) in [6, 6.07) is 19.5. The molecule has 10 heteroatoms. The van der Waals surface area contributed by atoms with Crippen molar-refractivity contribution in [2.24, 2.45) is 0 Å². The number of hydrogen-bond donors (Lipinski definition) is 2. The summed E-state index contributed by atoms with van der Waals surface area (Å²) in [4.78, 5) is 8.88. The van der Waals surface area contributed by atoms with Crippen molar-refractivity contribution in [2.45, 2.75) is 87.0 Å². The third-order valence-electron chi connectivity index (χ3n) is 6.68. The Kier molecular flexibility index (Phi) is 10.0. The minimum Gasteiger partial charge on any atom is -0.383 e. The summed E-state index contributed by atoms with van der Waals surface area (Å²) in [6.07, 6.45) is 8.09. The molecule has 0 saturated carbocycles. The average molecular weight is 553 g/mol. The van der Waals surface area contributed by atoms with Crippen molar-refractivity contribution in [1.29, 1.82) is 0 Å². The zero-order chi connectivity index (χ0) is 26.8. The highest BCUT2D eigenvalue weighted by molar-refractivity contribution is 8.76. The summed E-state index contributed by atoms with van der Waals surface area (Å²) >= 11 is 0. The second kappa shape index (κ2) is 13.4. The molecule has 0 spiro atoms. The second-order valence-electron chi connectivity index (χ2n) is 9.57. The predicted molar refractivity (Wildman–Crippen MR) is 151 cm³/mol. The van der Waals surface area contributed by atoms with Crippen molar-refractivity contribution in [3.63, 3.8) is 0 Å². The van der Waals surface area contributed by atoms with Gasteiger partial charge in [-0.25, -0.2) is 19.3 Å². The molecule has 2 N–H and O–H groups in total. The first-order chi connectivity index (χ1) is 18.5. The maximum Gasteiger partial charge on any atom is 0.197 e. The molecule has 2 atom stereocenters. The SMILES string of the molecule is CCCCC(O)(Cn1ncnc1SSc1ncnn1CC(O)(CCCC)c1ccccc1)c1ccccc1. The molecule has 0 fully saturated rings. The van der Waals surface area contributed by atoms with Crippen LogP contribution in [0.4, 0.5) is 0 Å². The Morgan fingerprint density at radius 3 is 1.42 bits per heavy atom. The molecule has 0 aliphatic heterocycles. The minimum atomic E-state index is -1.05. The van der Waals surface area contributed by atoms with Crippen LogP contribution in [0.1, 0.15) is 63.5 Å². The number of nitrogens with zero attached hydrogens (tertiary/aromatic N) is 6. The number of rotatable bonds is 15. The Morgan fingerprint density at radius 2 is 1.05 bits per heavy atom. The van der Waals surface area contributed by atoms with Crippen molar-refractivity contribution >= 4 is 21.6 Å². The van der Waals surface area contributed by atoms with E-state index in [0.717, 1.165) is 36.8 Å². The van der Waals surface area contributed by atoms with Crippen molar-refractivity contribution in [1.82, 2.24) is 29.5 Å². The van der Waals surface area contributed by atoms with Crippen LogP contribution in [-0.4, -0.2) is 39.7 Å². The van der Waals surface area contributed by atoms with Crippen molar-refractivity contribution in [3.05, 3.63) is 84.4 Å². The molecule has 4 aromatic rings. The van der Waals surface area contributed by atoms with Crippen LogP contribution in [0.2, 0.25) is 0 Å². The molecule has 2 heterocycles. The Hall–Kier alpha value is -2.66. The monoisotopic (exact) mass is 552 g/mol. The van der Waals surface area contributed by atoms with Gasteiger partial charge in [-0.1, -0.05) is 100 Å². The van der Waals surface area contributed by atoms with Gasteiger partial charge in [0.2, 0.25) is 0 Å². The molecule has 0 aliphatic rings. The van der Waals surface area contributed by atoms with Crippen LogP contribution >= 0.6 is 21.6 Å². The zero-order valence-electron chi connectivity index (χ0n) is 22.0. The van der Waals surface area contributed by atoms with E-state index in [-0.39, 0.29) is 0 Å². The van der Waals surface area contributed by atoms with Crippen LogP contribution in [0.15, 0.2) is 83.6 Å². The summed E-state index contributed by atoms with van der Waals surface area (Å²) in [5, 5.41) is 33.5. The molecule has 2 aromatic heterocycles. The lowest BCUT2D eigenvalue weighted by molar-refractivity contribution is 0.00132. The molecule has 0 saturated heterocycles. The number of benzene rings is 2. The van der Waals surface area contributed by atoms with Crippen LogP contribution < -0.4 is 0 Å². The topological polar surface area (TPSA) is 102 Å². The fourth-order valence-electron chi connectivity index (χ4n) is 4.49. The molecule has 2 unspecified atom stereocenters. The van der Waals surface area contributed by atoms with E-state index < -0.39 is 11.2 Å². The maximum atomic E-state index is 11.7. The largest absolute Gasteiger partial charge is 0.383 e. The molecule has 4 rings (SSSR count). The quantitative estimate of drug-likeness (QED) is 0.178. The van der Waals surface area contributed by atoms with E-state index in [4.69, 9.17) is 0 Å². The first-order valence-corrected chi connectivity index (χ1v) is 15.3. The lowest BCUT2D eigenvalue weighted by atomic mass is 9.88. The summed E-state index contributed by atoms with van der Waals surface area (Å²) in [6.45, 7) is 4.85. The first kappa shape index (κ1) is 28.4. The van der Waals surface area contributed by atoms with Gasteiger partial charge in [-0.15, -0.1) is 0 Å². The normalized spacial score (nSPS) is 14.7. The van der Waals surface area contributed by atoms with E-state index in [1.165, 1.54) is 34.2 Å². The molecule has 0 amide bonds. The smallest absolute Gasteiger partial charge is 0.197 e. The number of aliphatic hydroxyl groups is 2. The average Bonchev–Trinajstić information content (AvgIpc) is 3.59. The number of aromatic nitrogens is 6. The molecule has 0 aliphatic carbocycles. The van der Waals surface area contributed by atoms with E-state index in [2.05, 4.69) is 34.0 Å². The van der Waals surface area contributed by atoms with Gasteiger partial charge in [-0.05, 0) is 45.6 Å². The van der Waals surface area contributed by atoms with Gasteiger partial charge >= 0.3 is 0 Å². The lowest BCUT2D eigenvalue weighted by Gasteiger charge is -2.29. The highest BCUT2D eigenvalue weighted by Crippen LogP contribution is 2.38. The van der Waals surface area contributed by atoms with Crippen molar-refractivity contribution in [3.8, 4) is 0 Å². The first-order valence-electron chi connectivity index (χ1n) is 13.1. The van der Waals surface area contributed by atoms with E-state index in [1.54, 1.807) is 9.36 Å². The lowest BCUT2D eigenvalue weighted by Crippen LogP contribution is -2.32. The molecule has 2 aromatic carbocycles. The fraction of sp³-hybridized carbons (Fsp3) is 0.429. The minimum absolute atomic E-state index is 0.303. The molecule has 0 bridgehead atoms. The van der Waals surface area contributed by atoms with Crippen molar-refractivity contribution in [2.75, 3.05) is 0 Å². The highest BCUT2D eigenvalue weighted by Gasteiger charge is 2.32. The summed E-state index contributed by atoms with van der Waals surface area (Å²) in [5.41, 5.74) is -0.341. The molecule has 202 valence electrons. The van der Waals surface area contributed by atoms with Gasteiger partial charge in [-0.3, -0.25) is 0 Å². The van der Waals surface area contributed by atoms with Gasteiger partial charge < -0.3 is 10.2 Å². The van der Waals surface area contributed by atoms with Crippen LogP contribution in [0.3, 0.4) is 0 Å². The van der Waals surface area contributed by atoms with Gasteiger partial charge in [0.15, 0.2) is 10.3 Å². The third kappa shape index (κ3) is 7.05. The van der Waals surface area contributed by atoms with Crippen molar-refractivity contribution < 1.29 is 10.2 Å². The molecular formula is C28H36N6O2S2. The molecule has 8 nitrogen and oxygen atoms in total. The molecule has 38 heavy (non-hydrogen) atoms. The Balaban J connectivity index is 1.49. The van der Waals surface area contributed by atoms with Gasteiger partial charge in [0.1, 0.15) is 23.9 Å². The fourth-order valence-corrected chi connectivity index (χ4v) is 6.43. The highest BCUT2D eigenvalue weighted by atomic mass is 33.1. The Morgan fingerprint density at radius 1 is 0.658 bits per heavy atom. The van der Waals surface area contributed by atoms with Gasteiger partial charge in [0.25, 0.3) is 0 Å². The summed E-state index contributed by atoms with van der Waals surface area (Å²) in [5.74, 6) is 0. The van der Waals surface area contributed by atoms with Gasteiger partial charge in [0, 0.05) is 0 Å². The predicted octanol–water partition coefficient (Wildman–Crippen LogP) is 5.83.